The summed E-state index contributed by atoms with van der Waals surface area (Å²) in [5.41, 5.74) is 1.19. The van der Waals surface area contributed by atoms with Crippen LogP contribution in [-0.2, 0) is 0 Å². The summed E-state index contributed by atoms with van der Waals surface area (Å²) in [5.74, 6) is 0.695. The number of aryl methyl sites for hydroxylation is 1. The van der Waals surface area contributed by atoms with E-state index in [0.29, 0.717) is 12.0 Å². The van der Waals surface area contributed by atoms with E-state index in [2.05, 4.69) is 17.6 Å². The van der Waals surface area contributed by atoms with Crippen molar-refractivity contribution in [3.05, 3.63) is 17.0 Å². The molecule has 0 aromatic carbocycles. The zero-order chi connectivity index (χ0) is 10.8. The maximum absolute atomic E-state index is 11.5. The summed E-state index contributed by atoms with van der Waals surface area (Å²) in [6.45, 7) is 4.18. The van der Waals surface area contributed by atoms with Crippen LogP contribution in [0.2, 0.25) is 0 Å². The van der Waals surface area contributed by atoms with Gasteiger partial charge in [0, 0.05) is 6.04 Å². The minimum atomic E-state index is -0.0715. The summed E-state index contributed by atoms with van der Waals surface area (Å²) >= 11 is 1.56. The van der Waals surface area contributed by atoms with Gasteiger partial charge in [-0.15, -0.1) is 11.3 Å². The zero-order valence-electron chi connectivity index (χ0n) is 9.04. The first kappa shape index (κ1) is 10.5. The summed E-state index contributed by atoms with van der Waals surface area (Å²) in [7, 11) is 0. The van der Waals surface area contributed by atoms with Gasteiger partial charge in [0.15, 0.2) is 0 Å². The van der Waals surface area contributed by atoms with Crippen molar-refractivity contribution < 1.29 is 4.79 Å². The first-order valence-corrected chi connectivity index (χ1v) is 6.19. The molecule has 2 rings (SSSR count). The second-order valence-electron chi connectivity index (χ2n) is 4.10. The molecular formula is C11H16N2OS. The van der Waals surface area contributed by atoms with Crippen molar-refractivity contribution in [2.75, 3.05) is 5.32 Å². The Bertz CT molecular complexity index is 361. The third-order valence-electron chi connectivity index (χ3n) is 2.73. The molecule has 1 aromatic rings. The number of hydrogen-bond donors (Lipinski definition) is 2. The summed E-state index contributed by atoms with van der Waals surface area (Å²) in [5, 5.41) is 8.76. The number of thiophene rings is 1. The highest BCUT2D eigenvalue weighted by Gasteiger charge is 2.36. The van der Waals surface area contributed by atoms with Gasteiger partial charge >= 0.3 is 6.03 Å². The molecule has 0 saturated heterocycles. The second kappa shape index (κ2) is 4.23. The summed E-state index contributed by atoms with van der Waals surface area (Å²) in [4.78, 5) is 11.5. The molecule has 2 unspecified atom stereocenters. The molecule has 0 bridgehead atoms. The largest absolute Gasteiger partial charge is 0.335 e. The monoisotopic (exact) mass is 224 g/mol. The van der Waals surface area contributed by atoms with Crippen LogP contribution in [-0.4, -0.2) is 12.1 Å². The van der Waals surface area contributed by atoms with Crippen molar-refractivity contribution in [1.29, 1.82) is 0 Å². The minimum Gasteiger partial charge on any atom is -0.335 e. The van der Waals surface area contributed by atoms with Gasteiger partial charge in [-0.2, -0.15) is 0 Å². The molecule has 2 N–H and O–H groups in total. The van der Waals surface area contributed by atoms with Gasteiger partial charge in [0.05, 0.1) is 5.00 Å². The molecule has 15 heavy (non-hydrogen) atoms. The predicted octanol–water partition coefficient (Wildman–Crippen LogP) is 2.98. The summed E-state index contributed by atoms with van der Waals surface area (Å²) in [6, 6.07) is 2.31. The van der Waals surface area contributed by atoms with Crippen LogP contribution in [0.25, 0.3) is 0 Å². The topological polar surface area (TPSA) is 41.1 Å². The molecule has 1 aliphatic carbocycles. The van der Waals surface area contributed by atoms with Gasteiger partial charge in [0.25, 0.3) is 0 Å². The Morgan fingerprint density at radius 1 is 1.67 bits per heavy atom. The fraction of sp³-hybridized carbons (Fsp3) is 0.545. The van der Waals surface area contributed by atoms with Crippen molar-refractivity contribution in [2.45, 2.75) is 32.7 Å². The molecule has 1 saturated carbocycles. The Hall–Kier alpha value is -1.03. The van der Waals surface area contributed by atoms with E-state index in [9.17, 15) is 4.79 Å². The highest BCUT2D eigenvalue weighted by atomic mass is 32.1. The molecule has 1 aliphatic rings. The van der Waals surface area contributed by atoms with E-state index in [1.807, 2.05) is 18.4 Å². The summed E-state index contributed by atoms with van der Waals surface area (Å²) < 4.78 is 0. The van der Waals surface area contributed by atoms with Crippen LogP contribution in [0.1, 0.15) is 25.3 Å². The van der Waals surface area contributed by atoms with Crippen molar-refractivity contribution in [2.24, 2.45) is 5.92 Å². The lowest BCUT2D eigenvalue weighted by Gasteiger charge is -2.04. The van der Waals surface area contributed by atoms with Gasteiger partial charge in [0.2, 0.25) is 0 Å². The lowest BCUT2D eigenvalue weighted by Crippen LogP contribution is -2.31. The fourth-order valence-corrected chi connectivity index (χ4v) is 2.48. The van der Waals surface area contributed by atoms with Crippen LogP contribution in [0.5, 0.6) is 0 Å². The molecule has 0 spiro atoms. The van der Waals surface area contributed by atoms with Gasteiger partial charge in [0.1, 0.15) is 0 Å². The van der Waals surface area contributed by atoms with E-state index < -0.39 is 0 Å². The molecule has 82 valence electrons. The quantitative estimate of drug-likeness (QED) is 0.814. The highest BCUT2D eigenvalue weighted by Crippen LogP contribution is 2.33. The molecule has 4 heteroatoms. The Kier molecular flexibility index (Phi) is 2.95. The average Bonchev–Trinajstić information content (AvgIpc) is 2.81. The Morgan fingerprint density at radius 3 is 3.00 bits per heavy atom. The molecular weight excluding hydrogens is 208 g/mol. The first-order valence-electron chi connectivity index (χ1n) is 5.31. The lowest BCUT2D eigenvalue weighted by molar-refractivity contribution is 0.251. The number of hydrogen-bond acceptors (Lipinski definition) is 2. The molecule has 0 aliphatic heterocycles. The van der Waals surface area contributed by atoms with Crippen molar-refractivity contribution >= 4 is 22.4 Å². The number of nitrogens with one attached hydrogen (secondary N) is 2. The van der Waals surface area contributed by atoms with E-state index in [1.165, 1.54) is 5.56 Å². The molecule has 1 fully saturated rings. The van der Waals surface area contributed by atoms with Gasteiger partial charge < -0.3 is 5.32 Å². The van der Waals surface area contributed by atoms with Crippen LogP contribution in [0.15, 0.2) is 11.4 Å². The standard InChI is InChI=1S/C11H16N2OS/c1-3-8-5-9(8)12-11(14)13-10-4-7(2)6-15-10/h4,6,8-9H,3,5H2,1-2H3,(H2,12,13,14). The number of carbonyl (C=O) groups excluding carboxylic acids is 1. The molecule has 1 heterocycles. The van der Waals surface area contributed by atoms with Crippen LogP contribution in [0.4, 0.5) is 9.80 Å². The third kappa shape index (κ3) is 2.72. The smallest absolute Gasteiger partial charge is 0.320 e. The van der Waals surface area contributed by atoms with E-state index in [1.54, 1.807) is 11.3 Å². The molecule has 3 nitrogen and oxygen atoms in total. The van der Waals surface area contributed by atoms with Crippen LogP contribution >= 0.6 is 11.3 Å². The van der Waals surface area contributed by atoms with Gasteiger partial charge in [-0.1, -0.05) is 13.3 Å². The van der Waals surface area contributed by atoms with Crippen LogP contribution in [0, 0.1) is 12.8 Å². The number of anilines is 1. The van der Waals surface area contributed by atoms with E-state index in [4.69, 9.17) is 0 Å². The van der Waals surface area contributed by atoms with Crippen LogP contribution < -0.4 is 10.6 Å². The highest BCUT2D eigenvalue weighted by molar-refractivity contribution is 7.14. The van der Waals surface area contributed by atoms with Gasteiger partial charge in [-0.05, 0) is 36.3 Å². The zero-order valence-corrected chi connectivity index (χ0v) is 9.86. The van der Waals surface area contributed by atoms with E-state index >= 15 is 0 Å². The van der Waals surface area contributed by atoms with Crippen molar-refractivity contribution in [1.82, 2.24) is 5.32 Å². The number of rotatable bonds is 3. The van der Waals surface area contributed by atoms with Gasteiger partial charge in [-0.25, -0.2) is 4.79 Å². The molecule has 0 radical (unpaired) electrons. The van der Waals surface area contributed by atoms with Crippen molar-refractivity contribution in [3.63, 3.8) is 0 Å². The third-order valence-corrected chi connectivity index (χ3v) is 3.69. The van der Waals surface area contributed by atoms with E-state index in [-0.39, 0.29) is 6.03 Å². The first-order chi connectivity index (χ1) is 7.19. The van der Waals surface area contributed by atoms with Crippen LogP contribution in [0.3, 0.4) is 0 Å². The molecule has 1 aromatic heterocycles. The maximum Gasteiger partial charge on any atom is 0.320 e. The molecule has 2 atom stereocenters. The number of carbonyl (C=O) groups is 1. The Balaban J connectivity index is 1.78. The maximum atomic E-state index is 11.5. The average molecular weight is 224 g/mol. The Labute approximate surface area is 93.9 Å². The Morgan fingerprint density at radius 2 is 2.47 bits per heavy atom. The summed E-state index contributed by atoms with van der Waals surface area (Å²) in [6.07, 6.45) is 2.29. The van der Waals surface area contributed by atoms with E-state index in [0.717, 1.165) is 17.8 Å². The normalized spacial score (nSPS) is 23.6. The second-order valence-corrected chi connectivity index (χ2v) is 5.01. The number of amides is 2. The molecule has 2 amide bonds. The predicted molar refractivity (Wildman–Crippen MR) is 63.4 cm³/mol. The van der Waals surface area contributed by atoms with Gasteiger partial charge in [-0.3, -0.25) is 5.32 Å². The minimum absolute atomic E-state index is 0.0715. The lowest BCUT2D eigenvalue weighted by atomic mass is 10.3. The van der Waals surface area contributed by atoms with Crippen molar-refractivity contribution in [3.8, 4) is 0 Å². The fourth-order valence-electron chi connectivity index (χ4n) is 1.69. The number of urea groups is 1. The SMILES string of the molecule is CCC1CC1NC(=O)Nc1cc(C)cs1.